The molecule has 0 amide bonds. The zero-order valence-corrected chi connectivity index (χ0v) is 28.4. The second-order valence-electron chi connectivity index (χ2n) is 10.7. The number of nitrogens with two attached hydrogens (primary N) is 1. The number of aromatic nitrogens is 12. The molecule has 0 saturated heterocycles. The average Bonchev–Trinajstić information content (AvgIpc) is 3.80. The van der Waals surface area contributed by atoms with Crippen LogP contribution in [0.3, 0.4) is 0 Å². The van der Waals surface area contributed by atoms with Crippen LogP contribution >= 0.6 is 23.2 Å². The van der Waals surface area contributed by atoms with Gasteiger partial charge in [0.1, 0.15) is 52.8 Å². The maximum atomic E-state index is 5.83. The van der Waals surface area contributed by atoms with E-state index in [-0.39, 0.29) is 0 Å². The second-order valence-corrected chi connectivity index (χ2v) is 11.5. The van der Waals surface area contributed by atoms with Crippen molar-refractivity contribution in [1.29, 1.82) is 0 Å². The lowest BCUT2D eigenvalue weighted by molar-refractivity contribution is 0.597. The Bertz CT molecular complexity index is 1640. The first-order chi connectivity index (χ1) is 22.0. The molecule has 0 radical (unpaired) electrons. The number of pyridine rings is 3. The lowest BCUT2D eigenvalue weighted by Gasteiger charge is -2.09. The molecule has 0 unspecified atom stereocenters. The number of hydrogen-bond donors (Lipinski definition) is 1. The average molecular weight is 665 g/mol. The van der Waals surface area contributed by atoms with Gasteiger partial charge in [-0.3, -0.25) is 0 Å². The van der Waals surface area contributed by atoms with Crippen LogP contribution in [-0.4, -0.2) is 59.2 Å². The van der Waals surface area contributed by atoms with Crippen molar-refractivity contribution >= 4 is 29.0 Å². The molecule has 0 aliphatic carbocycles. The van der Waals surface area contributed by atoms with Gasteiger partial charge in [-0.15, -0.1) is 30.6 Å². The molecular formula is C31H39Cl2N13. The number of rotatable bonds is 5. The van der Waals surface area contributed by atoms with Crippen molar-refractivity contribution in [2.24, 2.45) is 0 Å². The number of halogens is 2. The van der Waals surface area contributed by atoms with E-state index in [4.69, 9.17) is 28.9 Å². The fourth-order valence-corrected chi connectivity index (χ4v) is 4.07. The van der Waals surface area contributed by atoms with Crippen LogP contribution in [0.2, 0.25) is 10.3 Å². The van der Waals surface area contributed by atoms with Crippen molar-refractivity contribution in [3.05, 3.63) is 95.9 Å². The molecule has 0 fully saturated rings. The topological polar surface area (TPSA) is 157 Å². The molecular weight excluding hydrogens is 625 g/mol. The first-order valence-corrected chi connectivity index (χ1v) is 15.3. The Labute approximate surface area is 278 Å². The van der Waals surface area contributed by atoms with E-state index in [9.17, 15) is 0 Å². The van der Waals surface area contributed by atoms with E-state index in [0.29, 0.717) is 34.2 Å². The maximum absolute atomic E-state index is 5.83. The van der Waals surface area contributed by atoms with Gasteiger partial charge in [0, 0.05) is 23.8 Å². The van der Waals surface area contributed by atoms with Gasteiger partial charge in [0.05, 0.1) is 0 Å². The summed E-state index contributed by atoms with van der Waals surface area (Å²) < 4.78 is 5.86. The highest BCUT2D eigenvalue weighted by atomic mass is 35.5. The van der Waals surface area contributed by atoms with Crippen LogP contribution in [0.15, 0.2) is 79.9 Å². The van der Waals surface area contributed by atoms with E-state index >= 15 is 0 Å². The lowest BCUT2D eigenvalue weighted by Crippen LogP contribution is -2.03. The van der Waals surface area contributed by atoms with Crippen molar-refractivity contribution in [2.45, 2.75) is 66.6 Å². The van der Waals surface area contributed by atoms with Gasteiger partial charge in [-0.2, -0.15) is 0 Å². The Kier molecular flexibility index (Phi) is 13.7. The highest BCUT2D eigenvalue weighted by Crippen LogP contribution is 2.20. The van der Waals surface area contributed by atoms with Crippen LogP contribution in [0.1, 0.15) is 65.4 Å². The Balaban J connectivity index is 0.000000174. The quantitative estimate of drug-likeness (QED) is 0.191. The summed E-state index contributed by atoms with van der Waals surface area (Å²) in [7, 11) is 0. The van der Waals surface area contributed by atoms with Gasteiger partial charge in [-0.25, -0.2) is 15.0 Å². The molecule has 2 N–H and O–H groups in total. The molecule has 242 valence electrons. The van der Waals surface area contributed by atoms with Crippen molar-refractivity contribution in [1.82, 2.24) is 59.2 Å². The predicted molar refractivity (Wildman–Crippen MR) is 181 cm³/mol. The smallest absolute Gasteiger partial charge is 0.182 e. The lowest BCUT2D eigenvalue weighted by atomic mass is 10.3. The van der Waals surface area contributed by atoms with E-state index in [1.165, 1.54) is 0 Å². The van der Waals surface area contributed by atoms with Crippen molar-refractivity contribution in [3.63, 3.8) is 0 Å². The molecule has 6 heterocycles. The summed E-state index contributed by atoms with van der Waals surface area (Å²) in [4.78, 5) is 12.4. The number of aryl methyl sites for hydroxylation is 1. The van der Waals surface area contributed by atoms with Gasteiger partial charge in [0.2, 0.25) is 0 Å². The van der Waals surface area contributed by atoms with E-state index < -0.39 is 0 Å². The summed E-state index contributed by atoms with van der Waals surface area (Å²) in [6.45, 7) is 14.4. The van der Waals surface area contributed by atoms with Crippen LogP contribution in [0.5, 0.6) is 0 Å². The van der Waals surface area contributed by atoms with E-state index in [2.05, 4.69) is 87.1 Å². The summed E-state index contributed by atoms with van der Waals surface area (Å²) >= 11 is 11.4. The Morgan fingerprint density at radius 1 is 0.565 bits per heavy atom. The molecule has 0 saturated carbocycles. The first kappa shape index (κ1) is 35.7. The van der Waals surface area contributed by atoms with Crippen LogP contribution in [0.4, 0.5) is 5.82 Å². The molecule has 6 aromatic rings. The van der Waals surface area contributed by atoms with Gasteiger partial charge in [0.15, 0.2) is 11.6 Å². The molecule has 15 heteroatoms. The SMILES string of the molecule is CC(C)n1cnnc1.CC(C)n1cnnc1-c1cccc(Cl)n1.CC(C)n1cnnc1-c1cccc(N)n1.Cc1cccc(Cl)n1. The van der Waals surface area contributed by atoms with E-state index in [1.807, 2.05) is 57.0 Å². The summed E-state index contributed by atoms with van der Waals surface area (Å²) in [5.74, 6) is 1.98. The van der Waals surface area contributed by atoms with Gasteiger partial charge in [0.25, 0.3) is 0 Å². The largest absolute Gasteiger partial charge is 0.384 e. The third-order valence-electron chi connectivity index (χ3n) is 6.09. The highest BCUT2D eigenvalue weighted by molar-refractivity contribution is 6.29. The molecule has 0 aliphatic heterocycles. The summed E-state index contributed by atoms with van der Waals surface area (Å²) in [5, 5.41) is 24.2. The minimum atomic E-state index is 0.302. The standard InChI is InChI=1S/C10H11ClN4.C10H13N5.C6H6ClN.C5H9N3/c2*1-7(2)15-6-12-14-10(15)8-4-3-5-9(11)13-8;1-5-3-2-4-6(7)8-5;1-5(2)8-3-6-7-4-8/h3-7H,1-2H3;3-7H,1-2H3,(H2,11,13);2-4H,1H3;3-5H,1-2H3. The molecule has 6 rings (SSSR count). The van der Waals surface area contributed by atoms with Crippen LogP contribution in [-0.2, 0) is 0 Å². The van der Waals surface area contributed by atoms with Gasteiger partial charge in [-0.05, 0) is 84.9 Å². The fraction of sp³-hybridized carbons (Fsp3) is 0.323. The summed E-state index contributed by atoms with van der Waals surface area (Å²) in [5.41, 5.74) is 8.07. The van der Waals surface area contributed by atoms with Gasteiger partial charge in [-0.1, -0.05) is 41.4 Å². The number of anilines is 1. The van der Waals surface area contributed by atoms with E-state index in [1.54, 1.807) is 43.5 Å². The molecule has 6 aromatic heterocycles. The van der Waals surface area contributed by atoms with Crippen molar-refractivity contribution < 1.29 is 0 Å². The van der Waals surface area contributed by atoms with Crippen molar-refractivity contribution in [2.75, 3.05) is 5.73 Å². The molecule has 0 bridgehead atoms. The number of nitrogens with zero attached hydrogens (tertiary/aromatic N) is 12. The monoisotopic (exact) mass is 663 g/mol. The van der Waals surface area contributed by atoms with Crippen LogP contribution < -0.4 is 5.73 Å². The number of nitrogen functional groups attached to an aromatic ring is 1. The molecule has 0 spiro atoms. The third-order valence-corrected chi connectivity index (χ3v) is 6.51. The maximum Gasteiger partial charge on any atom is 0.182 e. The summed E-state index contributed by atoms with van der Waals surface area (Å²) in [6, 6.07) is 17.6. The van der Waals surface area contributed by atoms with Gasteiger partial charge < -0.3 is 19.4 Å². The molecule has 0 aliphatic rings. The Morgan fingerprint density at radius 2 is 1.04 bits per heavy atom. The number of hydrogen-bond acceptors (Lipinski definition) is 10. The minimum Gasteiger partial charge on any atom is -0.384 e. The fourth-order valence-electron chi connectivity index (χ4n) is 3.70. The minimum absolute atomic E-state index is 0.302. The summed E-state index contributed by atoms with van der Waals surface area (Å²) in [6.07, 6.45) is 6.82. The zero-order chi connectivity index (χ0) is 33.6. The molecule has 46 heavy (non-hydrogen) atoms. The van der Waals surface area contributed by atoms with E-state index in [0.717, 1.165) is 28.7 Å². The predicted octanol–water partition coefficient (Wildman–Crippen LogP) is 6.98. The Hall–Kier alpha value is -4.75. The van der Waals surface area contributed by atoms with Gasteiger partial charge >= 0.3 is 0 Å². The van der Waals surface area contributed by atoms with Crippen molar-refractivity contribution in [3.8, 4) is 23.0 Å². The van der Waals surface area contributed by atoms with Crippen LogP contribution in [0, 0.1) is 6.92 Å². The molecule has 13 nitrogen and oxygen atoms in total. The zero-order valence-electron chi connectivity index (χ0n) is 26.9. The highest BCUT2D eigenvalue weighted by Gasteiger charge is 2.11. The molecule has 0 atom stereocenters. The van der Waals surface area contributed by atoms with Crippen LogP contribution in [0.25, 0.3) is 23.0 Å². The normalized spacial score (nSPS) is 10.5. The Morgan fingerprint density at radius 3 is 1.43 bits per heavy atom. The third kappa shape index (κ3) is 11.0. The molecule has 0 aromatic carbocycles. The first-order valence-electron chi connectivity index (χ1n) is 14.5. The second kappa shape index (κ2) is 17.7.